The molecule has 2 aromatic heterocycles. The van der Waals surface area contributed by atoms with E-state index in [1.165, 1.54) is 12.1 Å². The molecule has 2 heterocycles. The van der Waals surface area contributed by atoms with E-state index in [4.69, 9.17) is 13.9 Å². The number of carboxylic acids is 1. The van der Waals surface area contributed by atoms with Crippen LogP contribution in [0.4, 0.5) is 0 Å². The van der Waals surface area contributed by atoms with Crippen LogP contribution < -0.4 is 0 Å². The molecule has 0 aliphatic carbocycles. The molecule has 5 heteroatoms. The van der Waals surface area contributed by atoms with E-state index in [2.05, 4.69) is 0 Å². The van der Waals surface area contributed by atoms with Gasteiger partial charge in [0.2, 0.25) is 5.76 Å². The zero-order valence-corrected chi connectivity index (χ0v) is 8.39. The smallest absolute Gasteiger partial charge is 0.371 e. The van der Waals surface area contributed by atoms with E-state index >= 15 is 0 Å². The summed E-state index contributed by atoms with van der Waals surface area (Å²) in [5.41, 5.74) is 0.643. The van der Waals surface area contributed by atoms with Crippen molar-refractivity contribution in [2.45, 2.75) is 6.92 Å². The standard InChI is InChI=1S/C11H8O5/c1-6-4-9(11(13)14)16-10(6)8-3-2-7(5-12)15-8/h2-5H,1H3,(H,13,14). The van der Waals surface area contributed by atoms with Gasteiger partial charge in [-0.3, -0.25) is 4.79 Å². The second-order valence-electron chi connectivity index (χ2n) is 3.25. The lowest BCUT2D eigenvalue weighted by atomic mass is 10.2. The van der Waals surface area contributed by atoms with Crippen molar-refractivity contribution in [1.82, 2.24) is 0 Å². The number of aromatic carboxylic acids is 1. The summed E-state index contributed by atoms with van der Waals surface area (Å²) in [6, 6.07) is 4.45. The molecule has 82 valence electrons. The summed E-state index contributed by atoms with van der Waals surface area (Å²) in [5.74, 6) is -0.464. The Morgan fingerprint density at radius 2 is 2.12 bits per heavy atom. The van der Waals surface area contributed by atoms with Crippen LogP contribution in [0, 0.1) is 6.92 Å². The molecule has 0 saturated carbocycles. The molecule has 5 nitrogen and oxygen atoms in total. The Balaban J connectivity index is 2.47. The van der Waals surface area contributed by atoms with Crippen molar-refractivity contribution in [3.8, 4) is 11.5 Å². The fourth-order valence-corrected chi connectivity index (χ4v) is 1.37. The summed E-state index contributed by atoms with van der Waals surface area (Å²) in [5, 5.41) is 8.74. The second-order valence-corrected chi connectivity index (χ2v) is 3.25. The highest BCUT2D eigenvalue weighted by molar-refractivity contribution is 5.85. The van der Waals surface area contributed by atoms with E-state index in [0.29, 0.717) is 23.4 Å². The first kappa shape index (κ1) is 10.2. The molecular weight excluding hydrogens is 212 g/mol. The van der Waals surface area contributed by atoms with Crippen LogP contribution in [-0.2, 0) is 0 Å². The number of hydrogen-bond donors (Lipinski definition) is 1. The molecular formula is C11H8O5. The van der Waals surface area contributed by atoms with E-state index in [1.807, 2.05) is 0 Å². The maximum Gasteiger partial charge on any atom is 0.371 e. The maximum atomic E-state index is 10.7. The highest BCUT2D eigenvalue weighted by Crippen LogP contribution is 2.28. The quantitative estimate of drug-likeness (QED) is 0.803. The van der Waals surface area contributed by atoms with Gasteiger partial charge in [-0.05, 0) is 30.7 Å². The normalized spacial score (nSPS) is 10.3. The van der Waals surface area contributed by atoms with Crippen LogP contribution in [0.5, 0.6) is 0 Å². The van der Waals surface area contributed by atoms with Gasteiger partial charge < -0.3 is 13.9 Å². The Bertz CT molecular complexity index is 546. The number of aryl methyl sites for hydroxylation is 1. The molecule has 0 spiro atoms. The molecule has 0 aromatic carbocycles. The fourth-order valence-electron chi connectivity index (χ4n) is 1.37. The molecule has 0 aliphatic rings. The maximum absolute atomic E-state index is 10.7. The lowest BCUT2D eigenvalue weighted by Crippen LogP contribution is -1.91. The van der Waals surface area contributed by atoms with Gasteiger partial charge in [-0.2, -0.15) is 0 Å². The molecule has 0 aliphatic heterocycles. The van der Waals surface area contributed by atoms with Crippen molar-refractivity contribution >= 4 is 12.3 Å². The van der Waals surface area contributed by atoms with Gasteiger partial charge in [0.1, 0.15) is 0 Å². The van der Waals surface area contributed by atoms with E-state index < -0.39 is 5.97 Å². The van der Waals surface area contributed by atoms with Crippen LogP contribution in [0.1, 0.15) is 26.7 Å². The Kier molecular flexibility index (Phi) is 2.36. The van der Waals surface area contributed by atoms with Crippen molar-refractivity contribution < 1.29 is 23.5 Å². The highest BCUT2D eigenvalue weighted by Gasteiger charge is 2.17. The van der Waals surface area contributed by atoms with E-state index in [1.54, 1.807) is 13.0 Å². The number of hydrogen-bond acceptors (Lipinski definition) is 4. The number of furan rings is 2. The average Bonchev–Trinajstić information content (AvgIpc) is 2.83. The summed E-state index contributed by atoms with van der Waals surface area (Å²) >= 11 is 0. The van der Waals surface area contributed by atoms with E-state index in [9.17, 15) is 9.59 Å². The van der Waals surface area contributed by atoms with Gasteiger partial charge in [0, 0.05) is 0 Å². The summed E-state index contributed by atoms with van der Waals surface area (Å²) in [7, 11) is 0. The van der Waals surface area contributed by atoms with Gasteiger partial charge in [0.15, 0.2) is 23.6 Å². The molecule has 1 N–H and O–H groups in total. The number of carbonyl (C=O) groups is 2. The first-order chi connectivity index (χ1) is 7.61. The first-order valence-corrected chi connectivity index (χ1v) is 4.51. The minimum atomic E-state index is -1.14. The molecule has 0 radical (unpaired) electrons. The van der Waals surface area contributed by atoms with Gasteiger partial charge in [0.05, 0.1) is 0 Å². The van der Waals surface area contributed by atoms with Crippen molar-refractivity contribution in [2.24, 2.45) is 0 Å². The Labute approximate surface area is 90.3 Å². The minimum absolute atomic E-state index is 0.156. The molecule has 0 bridgehead atoms. The minimum Gasteiger partial charge on any atom is -0.475 e. The Morgan fingerprint density at radius 1 is 1.38 bits per heavy atom. The van der Waals surface area contributed by atoms with Crippen molar-refractivity contribution in [3.63, 3.8) is 0 Å². The van der Waals surface area contributed by atoms with Crippen LogP contribution in [0.25, 0.3) is 11.5 Å². The van der Waals surface area contributed by atoms with Crippen LogP contribution >= 0.6 is 0 Å². The third kappa shape index (κ3) is 1.63. The average molecular weight is 220 g/mol. The van der Waals surface area contributed by atoms with Crippen molar-refractivity contribution in [2.75, 3.05) is 0 Å². The third-order valence-electron chi connectivity index (χ3n) is 2.10. The number of rotatable bonds is 3. The number of carboxylic acid groups (broad SMARTS) is 1. The topological polar surface area (TPSA) is 80.6 Å². The molecule has 0 saturated heterocycles. The predicted molar refractivity (Wildman–Crippen MR) is 53.5 cm³/mol. The molecule has 16 heavy (non-hydrogen) atoms. The van der Waals surface area contributed by atoms with Gasteiger partial charge in [0.25, 0.3) is 0 Å². The summed E-state index contributed by atoms with van der Waals surface area (Å²) in [6.07, 6.45) is 0.569. The molecule has 2 aromatic rings. The third-order valence-corrected chi connectivity index (χ3v) is 2.10. The van der Waals surface area contributed by atoms with E-state index in [0.717, 1.165) is 0 Å². The zero-order valence-electron chi connectivity index (χ0n) is 8.39. The Morgan fingerprint density at radius 3 is 2.62 bits per heavy atom. The summed E-state index contributed by atoms with van der Waals surface area (Å²) in [6.45, 7) is 1.70. The van der Waals surface area contributed by atoms with Gasteiger partial charge in [-0.15, -0.1) is 0 Å². The van der Waals surface area contributed by atoms with Crippen LogP contribution in [0.15, 0.2) is 27.0 Å². The highest BCUT2D eigenvalue weighted by atomic mass is 16.4. The van der Waals surface area contributed by atoms with Crippen LogP contribution in [0.3, 0.4) is 0 Å². The van der Waals surface area contributed by atoms with Gasteiger partial charge >= 0.3 is 5.97 Å². The lowest BCUT2D eigenvalue weighted by Gasteiger charge is -1.91. The lowest BCUT2D eigenvalue weighted by molar-refractivity contribution is 0.0663. The van der Waals surface area contributed by atoms with Gasteiger partial charge in [-0.1, -0.05) is 0 Å². The summed E-state index contributed by atoms with van der Waals surface area (Å²) < 4.78 is 10.2. The fraction of sp³-hybridized carbons (Fsp3) is 0.0909. The molecule has 0 amide bonds. The molecule has 0 unspecified atom stereocenters. The summed E-state index contributed by atoms with van der Waals surface area (Å²) in [4.78, 5) is 21.1. The van der Waals surface area contributed by atoms with Crippen LogP contribution in [0.2, 0.25) is 0 Å². The largest absolute Gasteiger partial charge is 0.475 e. The second kappa shape index (κ2) is 3.69. The molecule has 0 fully saturated rings. The zero-order chi connectivity index (χ0) is 11.7. The SMILES string of the molecule is Cc1cc(C(=O)O)oc1-c1ccc(C=O)o1. The van der Waals surface area contributed by atoms with Gasteiger partial charge in [-0.25, -0.2) is 4.79 Å². The number of aldehydes is 1. The van der Waals surface area contributed by atoms with E-state index in [-0.39, 0.29) is 11.5 Å². The first-order valence-electron chi connectivity index (χ1n) is 4.51. The molecule has 0 atom stereocenters. The van der Waals surface area contributed by atoms with Crippen molar-refractivity contribution in [1.29, 1.82) is 0 Å². The molecule has 2 rings (SSSR count). The Hall–Kier alpha value is -2.30. The number of carbonyl (C=O) groups excluding carboxylic acids is 1. The monoisotopic (exact) mass is 220 g/mol. The van der Waals surface area contributed by atoms with Crippen LogP contribution in [-0.4, -0.2) is 17.4 Å². The predicted octanol–water partition coefficient (Wildman–Crippen LogP) is 2.36. The van der Waals surface area contributed by atoms with Crippen molar-refractivity contribution in [3.05, 3.63) is 35.3 Å².